The number of esters is 1. The van der Waals surface area contributed by atoms with Crippen molar-refractivity contribution >= 4 is 18.0 Å². The summed E-state index contributed by atoms with van der Waals surface area (Å²) >= 11 is 0. The number of rotatable bonds is 10. The van der Waals surface area contributed by atoms with E-state index < -0.39 is 30.4 Å². The molecular formula is C16H29NO6. The number of amides is 1. The maximum atomic E-state index is 11.9. The molecular weight excluding hydrogens is 302 g/mol. The van der Waals surface area contributed by atoms with E-state index in [4.69, 9.17) is 14.6 Å². The van der Waals surface area contributed by atoms with Crippen LogP contribution in [0, 0.1) is 11.8 Å². The van der Waals surface area contributed by atoms with Gasteiger partial charge in [0, 0.05) is 19.4 Å². The highest BCUT2D eigenvalue weighted by atomic mass is 16.7. The molecule has 0 bridgehead atoms. The number of nitrogens with one attached hydrogen (secondary N) is 1. The summed E-state index contributed by atoms with van der Waals surface area (Å²) in [4.78, 5) is 34.0. The summed E-state index contributed by atoms with van der Waals surface area (Å²) in [7, 11) is 0. The number of ether oxygens (including phenoxy) is 2. The number of hydrogen-bond donors (Lipinski definition) is 2. The Kier molecular flexibility index (Phi) is 10.0. The van der Waals surface area contributed by atoms with Gasteiger partial charge >= 0.3 is 18.0 Å². The van der Waals surface area contributed by atoms with Crippen molar-refractivity contribution in [3.8, 4) is 0 Å². The number of aliphatic carboxylic acids is 1. The van der Waals surface area contributed by atoms with Crippen molar-refractivity contribution < 1.29 is 29.0 Å². The Balaban J connectivity index is 4.66. The molecule has 0 heterocycles. The Hall–Kier alpha value is -1.79. The minimum atomic E-state index is -1.02. The van der Waals surface area contributed by atoms with Crippen molar-refractivity contribution in [2.45, 2.75) is 72.6 Å². The Morgan fingerprint density at radius 3 is 2.17 bits per heavy atom. The number of hydrogen-bond acceptors (Lipinski definition) is 5. The van der Waals surface area contributed by atoms with Gasteiger partial charge in [-0.15, -0.1) is 0 Å². The van der Waals surface area contributed by atoms with E-state index in [1.54, 1.807) is 6.92 Å². The van der Waals surface area contributed by atoms with E-state index in [1.165, 1.54) is 6.92 Å². The van der Waals surface area contributed by atoms with Crippen LogP contribution in [0.5, 0.6) is 0 Å². The summed E-state index contributed by atoms with van der Waals surface area (Å²) in [6.45, 7) is 9.06. The van der Waals surface area contributed by atoms with E-state index in [1.807, 2.05) is 13.8 Å². The molecule has 0 saturated heterocycles. The maximum Gasteiger partial charge on any atom is 0.410 e. The predicted octanol–water partition coefficient (Wildman–Crippen LogP) is 2.93. The fourth-order valence-electron chi connectivity index (χ4n) is 2.30. The highest BCUT2D eigenvalue weighted by Crippen LogP contribution is 2.22. The second kappa shape index (κ2) is 10.9. The minimum Gasteiger partial charge on any atom is -0.481 e. The Morgan fingerprint density at radius 1 is 1.09 bits per heavy atom. The van der Waals surface area contributed by atoms with E-state index in [0.717, 1.165) is 12.8 Å². The summed E-state index contributed by atoms with van der Waals surface area (Å²) in [6, 6.07) is -0.546. The molecule has 23 heavy (non-hydrogen) atoms. The zero-order chi connectivity index (χ0) is 18.0. The number of carboxylic acid groups (broad SMARTS) is 1. The van der Waals surface area contributed by atoms with Crippen LogP contribution in [0.4, 0.5) is 4.79 Å². The zero-order valence-corrected chi connectivity index (χ0v) is 14.6. The average molecular weight is 331 g/mol. The lowest BCUT2D eigenvalue weighted by Gasteiger charge is -2.28. The first kappa shape index (κ1) is 21.2. The normalized spacial score (nSPS) is 15.9. The van der Waals surface area contributed by atoms with Crippen molar-refractivity contribution in [2.24, 2.45) is 11.8 Å². The molecule has 0 radical (unpaired) electrons. The van der Waals surface area contributed by atoms with Gasteiger partial charge in [-0.3, -0.25) is 9.59 Å². The van der Waals surface area contributed by atoms with E-state index >= 15 is 0 Å². The lowest BCUT2D eigenvalue weighted by atomic mass is 9.84. The van der Waals surface area contributed by atoms with Crippen LogP contribution in [0.25, 0.3) is 0 Å². The molecule has 0 aliphatic rings. The molecule has 0 aromatic heterocycles. The van der Waals surface area contributed by atoms with Gasteiger partial charge < -0.3 is 19.9 Å². The molecule has 0 fully saturated rings. The van der Waals surface area contributed by atoms with Gasteiger partial charge in [-0.05, 0) is 11.8 Å². The van der Waals surface area contributed by atoms with Gasteiger partial charge in [0.2, 0.25) is 6.29 Å². The number of carbonyl (C=O) groups excluding carboxylic acids is 2. The molecule has 0 spiro atoms. The highest BCUT2D eigenvalue weighted by molar-refractivity contribution is 5.72. The number of alkyl carbamates (subject to hydrolysis) is 1. The van der Waals surface area contributed by atoms with Crippen LogP contribution in [-0.2, 0) is 19.1 Å². The zero-order valence-electron chi connectivity index (χ0n) is 14.6. The van der Waals surface area contributed by atoms with Gasteiger partial charge in [0.25, 0.3) is 0 Å². The standard InChI is InChI=1S/C16H29NO6/c1-6-8-10(3)11(4)13(9-14(18)19)17-16(21)23-12(5)22-15(20)7-2/h10-13H,6-9H2,1-5H3,(H,17,21)(H,18,19)/t10-,11-,12-,13+/m1/s1. The first-order chi connectivity index (χ1) is 10.7. The average Bonchev–Trinajstić information content (AvgIpc) is 2.44. The first-order valence-electron chi connectivity index (χ1n) is 8.09. The summed E-state index contributed by atoms with van der Waals surface area (Å²) in [5, 5.41) is 11.6. The minimum absolute atomic E-state index is 0.0212. The summed E-state index contributed by atoms with van der Waals surface area (Å²) in [5.74, 6) is -1.22. The molecule has 1 amide bonds. The fourth-order valence-corrected chi connectivity index (χ4v) is 2.30. The van der Waals surface area contributed by atoms with Crippen LogP contribution < -0.4 is 5.32 Å². The van der Waals surface area contributed by atoms with E-state index in [9.17, 15) is 14.4 Å². The molecule has 134 valence electrons. The maximum absolute atomic E-state index is 11.9. The Bertz CT molecular complexity index is 398. The summed E-state index contributed by atoms with van der Waals surface area (Å²) < 4.78 is 9.78. The second-order valence-corrected chi connectivity index (χ2v) is 5.79. The third kappa shape index (κ3) is 9.05. The molecule has 4 atom stereocenters. The third-order valence-corrected chi connectivity index (χ3v) is 3.83. The second-order valence-electron chi connectivity index (χ2n) is 5.79. The molecule has 0 rings (SSSR count). The van der Waals surface area contributed by atoms with E-state index in [0.29, 0.717) is 0 Å². The summed E-state index contributed by atoms with van der Waals surface area (Å²) in [5.41, 5.74) is 0. The van der Waals surface area contributed by atoms with Crippen LogP contribution in [-0.4, -0.2) is 35.5 Å². The highest BCUT2D eigenvalue weighted by Gasteiger charge is 2.27. The van der Waals surface area contributed by atoms with Crippen molar-refractivity contribution in [3.63, 3.8) is 0 Å². The largest absolute Gasteiger partial charge is 0.481 e. The molecule has 0 aromatic rings. The molecule has 7 heteroatoms. The van der Waals surface area contributed by atoms with Gasteiger partial charge in [-0.25, -0.2) is 4.79 Å². The summed E-state index contributed by atoms with van der Waals surface area (Å²) in [6.07, 6.45) is 0.119. The van der Waals surface area contributed by atoms with Crippen LogP contribution in [0.3, 0.4) is 0 Å². The van der Waals surface area contributed by atoms with E-state index in [2.05, 4.69) is 12.2 Å². The van der Waals surface area contributed by atoms with Crippen molar-refractivity contribution in [3.05, 3.63) is 0 Å². The van der Waals surface area contributed by atoms with Gasteiger partial charge in [0.05, 0.1) is 6.42 Å². The quantitative estimate of drug-likeness (QED) is 0.471. The van der Waals surface area contributed by atoms with Crippen LogP contribution in [0.1, 0.15) is 60.3 Å². The van der Waals surface area contributed by atoms with E-state index in [-0.39, 0.29) is 24.7 Å². The SMILES string of the molecule is CCC[C@@H](C)[C@@H](C)[C@H](CC(=O)O)NC(=O)O[C@H](C)OC(=O)CC. The van der Waals surface area contributed by atoms with Gasteiger partial charge in [0.15, 0.2) is 0 Å². The molecule has 0 aliphatic carbocycles. The predicted molar refractivity (Wildman–Crippen MR) is 84.7 cm³/mol. The topological polar surface area (TPSA) is 102 Å². The van der Waals surface area contributed by atoms with Crippen LogP contribution in [0.2, 0.25) is 0 Å². The lowest BCUT2D eigenvalue weighted by molar-refractivity contribution is -0.164. The first-order valence-corrected chi connectivity index (χ1v) is 8.09. The van der Waals surface area contributed by atoms with Gasteiger partial charge in [-0.1, -0.05) is 40.5 Å². The van der Waals surface area contributed by atoms with Crippen LogP contribution in [0.15, 0.2) is 0 Å². The molecule has 7 nitrogen and oxygen atoms in total. The van der Waals surface area contributed by atoms with Crippen molar-refractivity contribution in [1.29, 1.82) is 0 Å². The van der Waals surface area contributed by atoms with Gasteiger partial charge in [-0.2, -0.15) is 0 Å². The number of carbonyl (C=O) groups is 3. The lowest BCUT2D eigenvalue weighted by Crippen LogP contribution is -2.44. The van der Waals surface area contributed by atoms with Crippen molar-refractivity contribution in [2.75, 3.05) is 0 Å². The Labute approximate surface area is 137 Å². The molecule has 0 unspecified atom stereocenters. The smallest absolute Gasteiger partial charge is 0.410 e. The Morgan fingerprint density at radius 2 is 1.70 bits per heavy atom. The van der Waals surface area contributed by atoms with Gasteiger partial charge in [0.1, 0.15) is 0 Å². The number of carboxylic acids is 1. The van der Waals surface area contributed by atoms with Crippen molar-refractivity contribution in [1.82, 2.24) is 5.32 Å². The fraction of sp³-hybridized carbons (Fsp3) is 0.812. The molecule has 0 aromatic carbocycles. The third-order valence-electron chi connectivity index (χ3n) is 3.83. The van der Waals surface area contributed by atoms with Crippen LogP contribution >= 0.6 is 0 Å². The molecule has 2 N–H and O–H groups in total. The molecule has 0 saturated carbocycles. The molecule has 0 aliphatic heterocycles. The monoisotopic (exact) mass is 331 g/mol.